The first-order valence-electron chi connectivity index (χ1n) is 26.3. The average molecular weight is 1030 g/mol. The number of halogens is 1. The van der Waals surface area contributed by atoms with E-state index in [1.807, 2.05) is 18.2 Å². The molecule has 8 heterocycles. The number of esters is 1. The molecule has 0 N–H and O–H groups in total. The fraction of sp³-hybridized carbons (Fsp3) is 0.782. The van der Waals surface area contributed by atoms with Crippen molar-refractivity contribution in [3.63, 3.8) is 0 Å². The molecule has 13 heteroatoms. The molecule has 11 nitrogen and oxygen atoms in total. The maximum atomic E-state index is 14.5. The van der Waals surface area contributed by atoms with Gasteiger partial charge < -0.3 is 42.3 Å². The normalized spacial score (nSPS) is 38.5. The predicted octanol–water partition coefficient (Wildman–Crippen LogP) is 11.6. The number of rotatable bonds is 21. The number of Topliss-reactive ketones (excluding diaryl/α,β-unsaturated/α-hetero) is 1. The van der Waals surface area contributed by atoms with Gasteiger partial charge in [0.05, 0.1) is 48.3 Å². The molecule has 1 aromatic carbocycles. The van der Waals surface area contributed by atoms with E-state index in [0.29, 0.717) is 62.5 Å². The average Bonchev–Trinajstić information content (AvgIpc) is 3.83. The van der Waals surface area contributed by atoms with E-state index in [0.717, 1.165) is 61.4 Å². The molecule has 9 rings (SSSR count). The lowest BCUT2D eigenvalue weighted by Crippen LogP contribution is -2.61. The number of carbonyl (C=O) groups is 2. The van der Waals surface area contributed by atoms with E-state index in [1.165, 1.54) is 0 Å². The summed E-state index contributed by atoms with van der Waals surface area (Å²) in [5.41, 5.74) is 1.65. The lowest BCUT2D eigenvalue weighted by Gasteiger charge is -2.47. The monoisotopic (exact) mass is 1030 g/mol. The van der Waals surface area contributed by atoms with Crippen LogP contribution in [-0.2, 0) is 47.1 Å². The van der Waals surface area contributed by atoms with E-state index >= 15 is 0 Å². The van der Waals surface area contributed by atoms with Crippen molar-refractivity contribution in [3.05, 3.63) is 59.1 Å². The van der Waals surface area contributed by atoms with Crippen LogP contribution in [0.4, 0.5) is 0 Å². The van der Waals surface area contributed by atoms with Crippen LogP contribution in [0.25, 0.3) is 0 Å². The minimum atomic E-state index is -1.90. The lowest BCUT2D eigenvalue weighted by atomic mass is 9.78. The summed E-state index contributed by atoms with van der Waals surface area (Å²) in [5, 5.41) is 0.146. The number of hydrogen-bond acceptors (Lipinski definition) is 11. The van der Waals surface area contributed by atoms with Crippen LogP contribution in [-0.4, -0.2) is 112 Å². The topological polar surface area (TPSA) is 117 Å². The van der Waals surface area contributed by atoms with Gasteiger partial charge >= 0.3 is 5.97 Å². The van der Waals surface area contributed by atoms with Crippen LogP contribution >= 0.6 is 15.9 Å². The highest BCUT2D eigenvalue weighted by Gasteiger charge is 2.68. The Morgan fingerprint density at radius 2 is 1.63 bits per heavy atom. The predicted molar refractivity (Wildman–Crippen MR) is 268 cm³/mol. The number of ether oxygens (including phenoxy) is 8. The van der Waals surface area contributed by atoms with E-state index in [4.69, 9.17) is 42.3 Å². The molecule has 0 radical (unpaired) electrons. The molecule has 1 aromatic rings. The molecule has 0 aromatic heterocycles. The van der Waals surface area contributed by atoms with E-state index in [-0.39, 0.29) is 89.7 Å². The van der Waals surface area contributed by atoms with E-state index < -0.39 is 32.4 Å². The Kier molecular flexibility index (Phi) is 16.8. The maximum absolute atomic E-state index is 14.5. The van der Waals surface area contributed by atoms with Gasteiger partial charge in [-0.1, -0.05) is 109 Å². The van der Waals surface area contributed by atoms with Gasteiger partial charge in [-0.3, -0.25) is 4.79 Å². The number of ketones is 1. The van der Waals surface area contributed by atoms with Gasteiger partial charge in [-0.25, -0.2) is 4.79 Å². The molecular formula is C55H83BrO11Si. The number of carbonyl (C=O) groups excluding carboxylic acids is 2. The zero-order chi connectivity index (χ0) is 48.7. The molecule has 6 bridgehead atoms. The number of fused-ring (bicyclic) bond motifs is 1. The number of benzene rings is 1. The van der Waals surface area contributed by atoms with Crippen LogP contribution in [0.15, 0.2) is 53.5 Å². The third-order valence-electron chi connectivity index (χ3n) is 17.1. The van der Waals surface area contributed by atoms with Crippen LogP contribution in [0.1, 0.15) is 149 Å². The fourth-order valence-corrected chi connectivity index (χ4v) is 13.5. The third-order valence-corrected chi connectivity index (χ3v) is 22.0. The Hall–Kier alpha value is -1.78. The van der Waals surface area contributed by atoms with Crippen molar-refractivity contribution in [2.45, 2.75) is 242 Å². The first kappa shape index (κ1) is 52.5. The van der Waals surface area contributed by atoms with Gasteiger partial charge in [0.25, 0.3) is 0 Å². The standard InChI is InChI=1S/C55H83BrO11Si/c1-12-13-19-39-25-33(3)35(5)45(60-39)29-46-42(36(6)44(63-46)24-32(2)31-59-68(10,11)54(7,8)9)28-38(57)27-40-20-21-43-48(61-40)52-51-50(64-43)49-47(65-51)30-55(66-49,67-52)23-22-41(26-34(4)56)62-53(58)37-17-15-14-16-18-37/h14-18,32-33,36,39-52H,4-5,12-13,19-31H2,1-3,6-11H3/t32-,33+,36+,39-,40+,41-,42+,43-,44+,45+,46?,47+,48-,49-,50-,51+,52-,55-/m0/s1. The molecule has 0 saturated carbocycles. The van der Waals surface area contributed by atoms with Crippen LogP contribution < -0.4 is 0 Å². The second-order valence-corrected chi connectivity index (χ2v) is 29.4. The van der Waals surface area contributed by atoms with Crippen LogP contribution in [0.3, 0.4) is 0 Å². The third kappa shape index (κ3) is 11.8. The Balaban J connectivity index is 0.923. The second-order valence-electron chi connectivity index (χ2n) is 23.4. The molecular weight excluding hydrogens is 945 g/mol. The van der Waals surface area contributed by atoms with E-state index in [1.54, 1.807) is 12.1 Å². The van der Waals surface area contributed by atoms with Gasteiger partial charge in [-0.2, -0.15) is 0 Å². The molecule has 8 aliphatic heterocycles. The number of unbranched alkanes of at least 4 members (excludes halogenated alkanes) is 1. The van der Waals surface area contributed by atoms with Crippen molar-refractivity contribution in [1.82, 2.24) is 0 Å². The highest BCUT2D eigenvalue weighted by Crippen LogP contribution is 2.54. The minimum Gasteiger partial charge on any atom is -0.458 e. The molecule has 8 saturated heterocycles. The van der Waals surface area contributed by atoms with Crippen molar-refractivity contribution >= 4 is 36.0 Å². The summed E-state index contributed by atoms with van der Waals surface area (Å²) in [6.07, 6.45) is 7.56. The van der Waals surface area contributed by atoms with Crippen LogP contribution in [0.2, 0.25) is 18.1 Å². The summed E-state index contributed by atoms with van der Waals surface area (Å²) < 4.78 is 61.6. The van der Waals surface area contributed by atoms with Crippen molar-refractivity contribution in [3.8, 4) is 0 Å². The van der Waals surface area contributed by atoms with Gasteiger partial charge in [0.1, 0.15) is 42.4 Å². The SMILES string of the molecule is C=C(Br)C[C@H](CC[C@@]12C[C@H]3O[C@H]4[C@@H](O1)[C@H]1O[C@@H](CC(=O)C[C@H]5C(C[C@H]6O[C@@H](CCCC)C[C@@H](C)C6=C)O[C@H](C[C@H](C)CO[Si](C)(C)C(C)(C)C)[C@@H]5C)CC[C@@H]1O[C@H]4[C@H]3O2)OC(=O)c1ccccc1. The highest BCUT2D eigenvalue weighted by molar-refractivity contribution is 9.11. The van der Waals surface area contributed by atoms with Crippen molar-refractivity contribution in [1.29, 1.82) is 0 Å². The molecule has 0 spiro atoms. The molecule has 0 aliphatic carbocycles. The summed E-state index contributed by atoms with van der Waals surface area (Å²) >= 11 is 3.50. The first-order valence-corrected chi connectivity index (χ1v) is 30.0. The highest BCUT2D eigenvalue weighted by atomic mass is 79.9. The zero-order valence-corrected chi connectivity index (χ0v) is 45.2. The molecule has 0 amide bonds. The van der Waals surface area contributed by atoms with Crippen LogP contribution in [0.5, 0.6) is 0 Å². The van der Waals surface area contributed by atoms with Crippen molar-refractivity contribution < 1.29 is 51.9 Å². The zero-order valence-electron chi connectivity index (χ0n) is 42.6. The largest absolute Gasteiger partial charge is 0.458 e. The smallest absolute Gasteiger partial charge is 0.338 e. The quantitative estimate of drug-likeness (QED) is 0.0665. The van der Waals surface area contributed by atoms with E-state index in [9.17, 15) is 9.59 Å². The summed E-state index contributed by atoms with van der Waals surface area (Å²) in [5.74, 6) is -0.177. The van der Waals surface area contributed by atoms with Gasteiger partial charge in [0.15, 0.2) is 14.1 Å². The summed E-state index contributed by atoms with van der Waals surface area (Å²) in [7, 11) is -1.90. The molecule has 18 atom stereocenters. The molecule has 68 heavy (non-hydrogen) atoms. The Morgan fingerprint density at radius 1 is 0.912 bits per heavy atom. The van der Waals surface area contributed by atoms with Gasteiger partial charge in [0.2, 0.25) is 0 Å². The van der Waals surface area contributed by atoms with E-state index in [2.05, 4.69) is 90.6 Å². The fourth-order valence-electron chi connectivity index (χ4n) is 12.0. The number of hydrogen-bond donors (Lipinski definition) is 0. The summed E-state index contributed by atoms with van der Waals surface area (Å²) in [4.78, 5) is 27.6. The molecule has 8 fully saturated rings. The molecule has 380 valence electrons. The van der Waals surface area contributed by atoms with Gasteiger partial charge in [-0.15, -0.1) is 0 Å². The summed E-state index contributed by atoms with van der Waals surface area (Å²) in [6.45, 7) is 29.9. The van der Waals surface area contributed by atoms with Crippen molar-refractivity contribution in [2.24, 2.45) is 23.7 Å². The summed E-state index contributed by atoms with van der Waals surface area (Å²) in [6, 6.07) is 9.04. The Labute approximate surface area is 417 Å². The second kappa shape index (κ2) is 21.7. The maximum Gasteiger partial charge on any atom is 0.338 e. The Bertz CT molecular complexity index is 1920. The molecule has 1 unspecified atom stereocenters. The van der Waals surface area contributed by atoms with Gasteiger partial charge in [0, 0.05) is 45.1 Å². The first-order chi connectivity index (χ1) is 32.2. The lowest BCUT2D eigenvalue weighted by molar-refractivity contribution is -0.292. The van der Waals surface area contributed by atoms with Gasteiger partial charge in [-0.05, 0) is 103 Å². The minimum absolute atomic E-state index is 0.0212. The molecule has 8 aliphatic rings. The van der Waals surface area contributed by atoms with Crippen molar-refractivity contribution in [2.75, 3.05) is 6.61 Å². The Morgan fingerprint density at radius 3 is 2.35 bits per heavy atom. The van der Waals surface area contributed by atoms with Crippen LogP contribution in [0, 0.1) is 23.7 Å².